The Morgan fingerprint density at radius 2 is 2.12 bits per heavy atom. The molecule has 0 spiro atoms. The summed E-state index contributed by atoms with van der Waals surface area (Å²) >= 11 is 4.57. The molecule has 0 aliphatic carbocycles. The molecule has 1 heterocycles. The highest BCUT2D eigenvalue weighted by atomic mass is 79.9. The van der Waals surface area contributed by atoms with Crippen molar-refractivity contribution in [3.05, 3.63) is 15.4 Å². The van der Waals surface area contributed by atoms with Crippen LogP contribution in [0.1, 0.15) is 12.0 Å². The fourth-order valence-electron chi connectivity index (χ4n) is 1.24. The number of rotatable bonds is 6. The van der Waals surface area contributed by atoms with Crippen LogP contribution in [0.2, 0.25) is 0 Å². The van der Waals surface area contributed by atoms with Gasteiger partial charge in [-0.05, 0) is 61.5 Å². The zero-order valence-electron chi connectivity index (χ0n) is 10.2. The van der Waals surface area contributed by atoms with Gasteiger partial charge in [-0.1, -0.05) is 0 Å². The van der Waals surface area contributed by atoms with Gasteiger partial charge in [0.15, 0.2) is 0 Å². The number of aryl methyl sites for hydroxylation is 1. The van der Waals surface area contributed by atoms with Gasteiger partial charge in [-0.3, -0.25) is 0 Å². The Bertz CT molecular complexity index is 449. The predicted molar refractivity (Wildman–Crippen MR) is 75.1 cm³/mol. The van der Waals surface area contributed by atoms with Crippen molar-refractivity contribution < 1.29 is 8.42 Å². The molecule has 4 nitrogen and oxygen atoms in total. The summed E-state index contributed by atoms with van der Waals surface area (Å²) in [6.45, 7) is 3.22. The fourth-order valence-corrected chi connectivity index (χ4v) is 4.58. The summed E-state index contributed by atoms with van der Waals surface area (Å²) in [5, 5.41) is 0. The molecule has 0 fully saturated rings. The highest BCUT2D eigenvalue weighted by Gasteiger charge is 2.17. The van der Waals surface area contributed by atoms with E-state index in [1.54, 1.807) is 6.07 Å². The van der Waals surface area contributed by atoms with Crippen LogP contribution in [0.25, 0.3) is 0 Å². The first-order valence-electron chi connectivity index (χ1n) is 5.23. The molecule has 0 atom stereocenters. The highest BCUT2D eigenvalue weighted by molar-refractivity contribution is 9.11. The smallest absolute Gasteiger partial charge is 0.250 e. The minimum Gasteiger partial charge on any atom is -0.309 e. The summed E-state index contributed by atoms with van der Waals surface area (Å²) in [5.41, 5.74) is 0.948. The van der Waals surface area contributed by atoms with Crippen LogP contribution in [0, 0.1) is 6.92 Å². The van der Waals surface area contributed by atoms with Gasteiger partial charge in [0.2, 0.25) is 10.0 Å². The van der Waals surface area contributed by atoms with E-state index in [2.05, 4.69) is 20.7 Å². The second kappa shape index (κ2) is 6.29. The third-order valence-electron chi connectivity index (χ3n) is 2.17. The van der Waals surface area contributed by atoms with Crippen LogP contribution >= 0.6 is 27.3 Å². The maximum Gasteiger partial charge on any atom is 0.250 e. The van der Waals surface area contributed by atoms with Gasteiger partial charge in [-0.2, -0.15) is 0 Å². The van der Waals surface area contributed by atoms with Crippen molar-refractivity contribution in [3.8, 4) is 0 Å². The molecule has 0 aliphatic rings. The zero-order chi connectivity index (χ0) is 13.1. The summed E-state index contributed by atoms with van der Waals surface area (Å²) in [6.07, 6.45) is 0.803. The Kier molecular flexibility index (Phi) is 5.59. The van der Waals surface area contributed by atoms with Crippen LogP contribution in [0.5, 0.6) is 0 Å². The van der Waals surface area contributed by atoms with Gasteiger partial charge in [0.1, 0.15) is 4.21 Å². The summed E-state index contributed by atoms with van der Waals surface area (Å²) in [5.74, 6) is 0. The fraction of sp³-hybridized carbons (Fsp3) is 0.600. The average molecular weight is 341 g/mol. The second-order valence-electron chi connectivity index (χ2n) is 4.08. The van der Waals surface area contributed by atoms with E-state index in [1.807, 2.05) is 25.9 Å². The second-order valence-corrected chi connectivity index (χ2v) is 8.44. The quantitative estimate of drug-likeness (QED) is 0.806. The van der Waals surface area contributed by atoms with Gasteiger partial charge in [0, 0.05) is 6.54 Å². The Morgan fingerprint density at radius 1 is 1.47 bits per heavy atom. The van der Waals surface area contributed by atoms with Crippen molar-refractivity contribution >= 4 is 37.3 Å². The zero-order valence-corrected chi connectivity index (χ0v) is 13.4. The first-order chi connectivity index (χ1) is 7.83. The van der Waals surface area contributed by atoms with E-state index in [9.17, 15) is 8.42 Å². The Labute approximate surface area is 115 Å². The Balaban J connectivity index is 2.57. The van der Waals surface area contributed by atoms with Crippen LogP contribution in [0.15, 0.2) is 14.1 Å². The largest absolute Gasteiger partial charge is 0.309 e. The van der Waals surface area contributed by atoms with Crippen LogP contribution in [-0.4, -0.2) is 40.5 Å². The first-order valence-corrected chi connectivity index (χ1v) is 8.32. The Morgan fingerprint density at radius 3 is 2.59 bits per heavy atom. The minimum atomic E-state index is -3.34. The monoisotopic (exact) mass is 340 g/mol. The lowest BCUT2D eigenvalue weighted by molar-refractivity contribution is 0.400. The van der Waals surface area contributed by atoms with E-state index in [4.69, 9.17) is 0 Å². The molecule has 0 amide bonds. The summed E-state index contributed by atoms with van der Waals surface area (Å²) < 4.78 is 27.7. The summed E-state index contributed by atoms with van der Waals surface area (Å²) in [6, 6.07) is 1.68. The van der Waals surface area contributed by atoms with Crippen LogP contribution in [0.3, 0.4) is 0 Å². The third-order valence-corrected chi connectivity index (χ3v) is 6.24. The lowest BCUT2D eigenvalue weighted by Gasteiger charge is -2.09. The average Bonchev–Trinajstić information content (AvgIpc) is 2.55. The van der Waals surface area contributed by atoms with Crippen molar-refractivity contribution in [1.82, 2.24) is 9.62 Å². The lowest BCUT2D eigenvalue weighted by atomic mass is 10.4. The Hall–Kier alpha value is 0.0500. The number of thiophene rings is 1. The van der Waals surface area contributed by atoms with Crippen molar-refractivity contribution in [2.24, 2.45) is 0 Å². The normalized spacial score (nSPS) is 12.3. The molecule has 0 bridgehead atoms. The molecule has 98 valence electrons. The maximum atomic E-state index is 11.9. The SMILES string of the molecule is Cc1cc(S(=O)(=O)NCCCN(C)C)sc1Br. The van der Waals surface area contributed by atoms with E-state index >= 15 is 0 Å². The summed E-state index contributed by atoms with van der Waals surface area (Å²) in [7, 11) is 0.593. The number of nitrogens with zero attached hydrogens (tertiary/aromatic N) is 1. The topological polar surface area (TPSA) is 49.4 Å². The van der Waals surface area contributed by atoms with Gasteiger partial charge < -0.3 is 4.90 Å². The summed E-state index contributed by atoms with van der Waals surface area (Å²) in [4.78, 5) is 2.03. The molecule has 17 heavy (non-hydrogen) atoms. The van der Waals surface area contributed by atoms with E-state index in [0.29, 0.717) is 10.8 Å². The number of halogens is 1. The van der Waals surface area contributed by atoms with Crippen molar-refractivity contribution in [3.63, 3.8) is 0 Å². The number of hydrogen-bond acceptors (Lipinski definition) is 4. The van der Waals surface area contributed by atoms with Crippen LogP contribution in [0.4, 0.5) is 0 Å². The van der Waals surface area contributed by atoms with Crippen LogP contribution < -0.4 is 4.72 Å². The molecule has 1 aromatic heterocycles. The third kappa shape index (κ3) is 4.67. The minimum absolute atomic E-state index is 0.367. The van der Waals surface area contributed by atoms with Crippen molar-refractivity contribution in [1.29, 1.82) is 0 Å². The van der Waals surface area contributed by atoms with Gasteiger partial charge in [0.05, 0.1) is 3.79 Å². The number of sulfonamides is 1. The molecular weight excluding hydrogens is 324 g/mol. The molecule has 0 aliphatic heterocycles. The highest BCUT2D eigenvalue weighted by Crippen LogP contribution is 2.30. The standard InChI is InChI=1S/C10H17BrN2O2S2/c1-8-7-9(16-10(8)11)17(14,15)12-5-4-6-13(2)3/h7,12H,4-6H2,1-3H3. The molecule has 1 aromatic rings. The molecule has 0 radical (unpaired) electrons. The maximum absolute atomic E-state index is 11.9. The molecule has 0 aromatic carbocycles. The predicted octanol–water partition coefficient (Wildman–Crippen LogP) is 2.05. The number of hydrogen-bond donors (Lipinski definition) is 1. The van der Waals surface area contributed by atoms with Crippen LogP contribution in [-0.2, 0) is 10.0 Å². The van der Waals surface area contributed by atoms with Gasteiger partial charge in [-0.15, -0.1) is 11.3 Å². The molecular formula is C10H17BrN2O2S2. The molecule has 0 saturated heterocycles. The molecule has 0 unspecified atom stereocenters. The van der Waals surface area contributed by atoms with Gasteiger partial charge in [0.25, 0.3) is 0 Å². The van der Waals surface area contributed by atoms with E-state index < -0.39 is 10.0 Å². The molecule has 1 rings (SSSR count). The van der Waals surface area contributed by atoms with E-state index in [0.717, 1.165) is 22.3 Å². The van der Waals surface area contributed by atoms with Crippen molar-refractivity contribution in [2.45, 2.75) is 17.6 Å². The van der Waals surface area contributed by atoms with Gasteiger partial charge >= 0.3 is 0 Å². The van der Waals surface area contributed by atoms with Crippen molar-refractivity contribution in [2.75, 3.05) is 27.2 Å². The molecule has 7 heteroatoms. The van der Waals surface area contributed by atoms with E-state index in [1.165, 1.54) is 11.3 Å². The lowest BCUT2D eigenvalue weighted by Crippen LogP contribution is -2.26. The van der Waals surface area contributed by atoms with Gasteiger partial charge in [-0.25, -0.2) is 13.1 Å². The molecule has 0 saturated carbocycles. The number of nitrogens with one attached hydrogen (secondary N) is 1. The molecule has 1 N–H and O–H groups in total. The first kappa shape index (κ1) is 15.1. The van der Waals surface area contributed by atoms with E-state index in [-0.39, 0.29) is 0 Å².